The standard InChI is InChI=1S/C14H19N3O4/c1-10-8-12(18)11(9-16-10)14(20)15-3-2-13(19)17-4-6-21-7-5-17/h8-9H,2-7H2,1H3,(H,15,20)(H,16,18). The Balaban J connectivity index is 1.81. The Morgan fingerprint density at radius 2 is 2.10 bits per heavy atom. The van der Waals surface area contributed by atoms with E-state index in [1.165, 1.54) is 12.3 Å². The molecule has 2 amide bonds. The van der Waals surface area contributed by atoms with Crippen LogP contribution in [-0.2, 0) is 9.53 Å². The molecule has 0 aromatic carbocycles. The number of aromatic amines is 1. The van der Waals surface area contributed by atoms with Crippen LogP contribution in [0.2, 0.25) is 0 Å². The van der Waals surface area contributed by atoms with Gasteiger partial charge in [-0.3, -0.25) is 14.4 Å². The fourth-order valence-electron chi connectivity index (χ4n) is 2.10. The van der Waals surface area contributed by atoms with Crippen LogP contribution in [-0.4, -0.2) is 54.5 Å². The molecule has 0 unspecified atom stereocenters. The highest BCUT2D eigenvalue weighted by molar-refractivity contribution is 5.94. The van der Waals surface area contributed by atoms with E-state index in [2.05, 4.69) is 10.3 Å². The summed E-state index contributed by atoms with van der Waals surface area (Å²) in [6.07, 6.45) is 1.60. The molecule has 2 heterocycles. The van der Waals surface area contributed by atoms with Gasteiger partial charge in [-0.05, 0) is 6.92 Å². The van der Waals surface area contributed by atoms with E-state index < -0.39 is 5.91 Å². The lowest BCUT2D eigenvalue weighted by Gasteiger charge is -2.26. The summed E-state index contributed by atoms with van der Waals surface area (Å²) in [4.78, 5) is 39.9. The van der Waals surface area contributed by atoms with Crippen molar-refractivity contribution in [1.82, 2.24) is 15.2 Å². The normalized spacial score (nSPS) is 14.8. The smallest absolute Gasteiger partial charge is 0.256 e. The van der Waals surface area contributed by atoms with E-state index in [4.69, 9.17) is 4.74 Å². The maximum Gasteiger partial charge on any atom is 0.256 e. The van der Waals surface area contributed by atoms with Crippen molar-refractivity contribution in [3.8, 4) is 0 Å². The highest BCUT2D eigenvalue weighted by Crippen LogP contribution is 2.00. The molecule has 114 valence electrons. The first-order valence-electron chi connectivity index (χ1n) is 6.91. The first kappa shape index (κ1) is 15.2. The third kappa shape index (κ3) is 4.16. The minimum Gasteiger partial charge on any atom is -0.378 e. The van der Waals surface area contributed by atoms with Gasteiger partial charge in [0.25, 0.3) is 5.91 Å². The van der Waals surface area contributed by atoms with Gasteiger partial charge in [-0.15, -0.1) is 0 Å². The Hall–Kier alpha value is -2.15. The molecule has 1 saturated heterocycles. The molecule has 1 aromatic heterocycles. The molecule has 1 aromatic rings. The van der Waals surface area contributed by atoms with Gasteiger partial charge < -0.3 is 19.9 Å². The van der Waals surface area contributed by atoms with Crippen LogP contribution in [0.1, 0.15) is 22.5 Å². The summed E-state index contributed by atoms with van der Waals surface area (Å²) in [5.74, 6) is -0.484. The molecule has 1 aliphatic heterocycles. The predicted octanol–water partition coefficient (Wildman–Crippen LogP) is -0.338. The lowest BCUT2D eigenvalue weighted by atomic mass is 10.2. The Labute approximate surface area is 122 Å². The summed E-state index contributed by atoms with van der Waals surface area (Å²) in [6.45, 7) is 4.23. The van der Waals surface area contributed by atoms with Gasteiger partial charge in [0.05, 0.1) is 13.2 Å². The lowest BCUT2D eigenvalue weighted by Crippen LogP contribution is -2.42. The number of aryl methyl sites for hydroxylation is 1. The maximum atomic E-state index is 11.9. The van der Waals surface area contributed by atoms with Gasteiger partial charge in [-0.25, -0.2) is 0 Å². The molecule has 0 spiro atoms. The third-order valence-corrected chi connectivity index (χ3v) is 3.29. The van der Waals surface area contributed by atoms with Crippen LogP contribution in [0.5, 0.6) is 0 Å². The molecule has 1 aliphatic rings. The number of pyridine rings is 1. The van der Waals surface area contributed by atoms with Gasteiger partial charge >= 0.3 is 0 Å². The highest BCUT2D eigenvalue weighted by atomic mass is 16.5. The Kier molecular flexibility index (Phi) is 5.10. The van der Waals surface area contributed by atoms with Gasteiger partial charge in [0, 0.05) is 44.0 Å². The molecule has 0 radical (unpaired) electrons. The number of nitrogens with one attached hydrogen (secondary N) is 2. The van der Waals surface area contributed by atoms with Crippen molar-refractivity contribution in [1.29, 1.82) is 0 Å². The highest BCUT2D eigenvalue weighted by Gasteiger charge is 2.17. The van der Waals surface area contributed by atoms with Gasteiger partial charge in [0.2, 0.25) is 5.91 Å². The molecule has 7 nitrogen and oxygen atoms in total. The molecule has 1 fully saturated rings. The van der Waals surface area contributed by atoms with E-state index in [9.17, 15) is 14.4 Å². The average Bonchev–Trinajstić information content (AvgIpc) is 2.47. The van der Waals surface area contributed by atoms with Crippen molar-refractivity contribution in [3.05, 3.63) is 33.7 Å². The molecule has 0 bridgehead atoms. The number of rotatable bonds is 4. The summed E-state index contributed by atoms with van der Waals surface area (Å²) in [7, 11) is 0. The summed E-state index contributed by atoms with van der Waals surface area (Å²) < 4.78 is 5.17. The van der Waals surface area contributed by atoms with Crippen LogP contribution in [0, 0.1) is 6.92 Å². The van der Waals surface area contributed by atoms with Gasteiger partial charge in [0.1, 0.15) is 5.56 Å². The van der Waals surface area contributed by atoms with Crippen LogP contribution in [0.4, 0.5) is 0 Å². The number of morpholine rings is 1. The first-order valence-corrected chi connectivity index (χ1v) is 6.91. The van der Waals surface area contributed by atoms with Crippen LogP contribution in [0.25, 0.3) is 0 Å². The van der Waals surface area contributed by atoms with Crippen molar-refractivity contribution in [2.24, 2.45) is 0 Å². The van der Waals surface area contributed by atoms with Crippen LogP contribution >= 0.6 is 0 Å². The predicted molar refractivity (Wildman–Crippen MR) is 76.1 cm³/mol. The number of amides is 2. The van der Waals surface area contributed by atoms with E-state index in [-0.39, 0.29) is 29.9 Å². The topological polar surface area (TPSA) is 91.5 Å². The number of carbonyl (C=O) groups excluding carboxylic acids is 2. The number of carbonyl (C=O) groups is 2. The van der Waals surface area contributed by atoms with E-state index in [1.54, 1.807) is 11.8 Å². The monoisotopic (exact) mass is 293 g/mol. The van der Waals surface area contributed by atoms with Crippen molar-refractivity contribution in [3.63, 3.8) is 0 Å². The lowest BCUT2D eigenvalue weighted by molar-refractivity contribution is -0.135. The van der Waals surface area contributed by atoms with E-state index >= 15 is 0 Å². The second-order valence-electron chi connectivity index (χ2n) is 4.89. The zero-order valence-electron chi connectivity index (χ0n) is 12.0. The summed E-state index contributed by atoms with van der Waals surface area (Å²) in [5.41, 5.74) is 0.418. The largest absolute Gasteiger partial charge is 0.378 e. The second-order valence-corrected chi connectivity index (χ2v) is 4.89. The Morgan fingerprint density at radius 3 is 2.76 bits per heavy atom. The summed E-state index contributed by atoms with van der Waals surface area (Å²) in [6, 6.07) is 1.37. The SMILES string of the molecule is Cc1cc(=O)c(C(=O)NCCC(=O)N2CCOCC2)c[nH]1. The molecule has 2 N–H and O–H groups in total. The van der Waals surface area contributed by atoms with Crippen LogP contribution < -0.4 is 10.7 Å². The van der Waals surface area contributed by atoms with E-state index in [0.717, 1.165) is 0 Å². The van der Waals surface area contributed by atoms with Gasteiger partial charge in [-0.2, -0.15) is 0 Å². The van der Waals surface area contributed by atoms with Crippen LogP contribution in [0.3, 0.4) is 0 Å². The van der Waals surface area contributed by atoms with Gasteiger partial charge in [-0.1, -0.05) is 0 Å². The second kappa shape index (κ2) is 7.03. The molecule has 0 saturated carbocycles. The van der Waals surface area contributed by atoms with Crippen LogP contribution in [0.15, 0.2) is 17.1 Å². The average molecular weight is 293 g/mol. The zero-order valence-corrected chi connectivity index (χ0v) is 12.0. The quantitative estimate of drug-likeness (QED) is 0.794. The fraction of sp³-hybridized carbons (Fsp3) is 0.500. The third-order valence-electron chi connectivity index (χ3n) is 3.29. The zero-order chi connectivity index (χ0) is 15.2. The first-order chi connectivity index (χ1) is 10.1. The van der Waals surface area contributed by atoms with Gasteiger partial charge in [0.15, 0.2) is 5.43 Å². The number of H-pyrrole nitrogens is 1. The Bertz CT molecular complexity index is 576. The Morgan fingerprint density at radius 1 is 1.38 bits per heavy atom. The van der Waals surface area contributed by atoms with E-state index in [1.807, 2.05) is 0 Å². The molecule has 0 atom stereocenters. The van der Waals surface area contributed by atoms with Crippen molar-refractivity contribution < 1.29 is 14.3 Å². The minimum atomic E-state index is -0.467. The number of hydrogen-bond acceptors (Lipinski definition) is 4. The summed E-state index contributed by atoms with van der Waals surface area (Å²) >= 11 is 0. The number of hydrogen-bond donors (Lipinski definition) is 2. The number of aromatic nitrogens is 1. The molecule has 0 aliphatic carbocycles. The molecular formula is C14H19N3O4. The van der Waals surface area contributed by atoms with E-state index in [0.29, 0.717) is 32.0 Å². The molecule has 2 rings (SSSR count). The van der Waals surface area contributed by atoms with Crippen molar-refractivity contribution in [2.45, 2.75) is 13.3 Å². The molecule has 7 heteroatoms. The molecular weight excluding hydrogens is 274 g/mol. The number of nitrogens with zero attached hydrogens (tertiary/aromatic N) is 1. The molecule has 21 heavy (non-hydrogen) atoms. The minimum absolute atomic E-state index is 0.0172. The maximum absolute atomic E-state index is 11.9. The summed E-state index contributed by atoms with van der Waals surface area (Å²) in [5, 5.41) is 2.59. The fourth-order valence-corrected chi connectivity index (χ4v) is 2.10. The van der Waals surface area contributed by atoms with Crippen molar-refractivity contribution in [2.75, 3.05) is 32.8 Å². The van der Waals surface area contributed by atoms with Crippen molar-refractivity contribution >= 4 is 11.8 Å². The number of ether oxygens (including phenoxy) is 1.